The molecule has 0 saturated carbocycles. The Kier molecular flexibility index (Phi) is 8.09. The Morgan fingerprint density at radius 3 is 1.46 bits per heavy atom. The number of rotatable bonds is 6. The van der Waals surface area contributed by atoms with Crippen molar-refractivity contribution in [1.29, 1.82) is 0 Å². The van der Waals surface area contributed by atoms with Crippen LogP contribution in [0.5, 0.6) is 0 Å². The van der Waals surface area contributed by atoms with Crippen LogP contribution in [0.3, 0.4) is 0 Å². The van der Waals surface area contributed by atoms with Gasteiger partial charge in [-0.05, 0) is 131 Å². The third-order valence-electron chi connectivity index (χ3n) is 12.8. The van der Waals surface area contributed by atoms with Gasteiger partial charge in [0, 0.05) is 38.6 Å². The largest absolute Gasteiger partial charge is 0.310 e. The average Bonchev–Trinajstić information content (AvgIpc) is 3.46. The van der Waals surface area contributed by atoms with E-state index >= 15 is 0 Å². The highest BCUT2D eigenvalue weighted by molar-refractivity contribution is 6.12. The minimum atomic E-state index is -0.280. The van der Waals surface area contributed by atoms with Crippen molar-refractivity contribution in [1.82, 2.24) is 0 Å². The molecule has 0 unspecified atom stereocenters. The fourth-order valence-electron chi connectivity index (χ4n) is 9.44. The van der Waals surface area contributed by atoms with Gasteiger partial charge in [-0.3, -0.25) is 0 Å². The van der Waals surface area contributed by atoms with Gasteiger partial charge < -0.3 is 9.80 Å². The zero-order chi connectivity index (χ0) is 39.0. The van der Waals surface area contributed by atoms with Crippen molar-refractivity contribution >= 4 is 66.4 Å². The van der Waals surface area contributed by atoms with Crippen LogP contribution in [-0.4, -0.2) is 0 Å². The van der Waals surface area contributed by atoms with Crippen LogP contribution in [0.1, 0.15) is 47.2 Å². The lowest BCUT2D eigenvalue weighted by atomic mass is 9.81. The van der Waals surface area contributed by atoms with Gasteiger partial charge in [-0.2, -0.15) is 0 Å². The molecule has 0 aromatic heterocycles. The Morgan fingerprint density at radius 1 is 0.368 bits per heavy atom. The molecule has 0 amide bonds. The first-order chi connectivity index (χ1) is 27.7. The molecule has 1 aliphatic carbocycles. The van der Waals surface area contributed by atoms with Gasteiger partial charge in [0.1, 0.15) is 0 Å². The molecule has 10 rings (SSSR count). The lowest BCUT2D eigenvalue weighted by Crippen LogP contribution is -2.18. The van der Waals surface area contributed by atoms with Crippen molar-refractivity contribution in [2.75, 3.05) is 9.80 Å². The van der Waals surface area contributed by atoms with E-state index in [0.29, 0.717) is 0 Å². The predicted molar refractivity (Wildman–Crippen MR) is 245 cm³/mol. The van der Waals surface area contributed by atoms with Crippen molar-refractivity contribution in [2.24, 2.45) is 0 Å². The molecule has 0 heterocycles. The number of nitrogens with zero attached hydrogens (tertiary/aromatic N) is 2. The number of hydrogen-bond acceptors (Lipinski definition) is 2. The molecule has 0 N–H and O–H groups in total. The molecule has 0 spiro atoms. The van der Waals surface area contributed by atoms with Gasteiger partial charge in [-0.1, -0.05) is 141 Å². The molecule has 0 bridgehead atoms. The minimum absolute atomic E-state index is 0.280. The molecular formula is C55H46N2. The van der Waals surface area contributed by atoms with Gasteiger partial charge in [0.2, 0.25) is 0 Å². The second-order valence-electron chi connectivity index (χ2n) is 16.3. The van der Waals surface area contributed by atoms with Crippen LogP contribution in [0.4, 0.5) is 34.1 Å². The summed E-state index contributed by atoms with van der Waals surface area (Å²) in [6.07, 6.45) is 0. The maximum absolute atomic E-state index is 2.53. The normalized spacial score (nSPS) is 12.9. The van der Waals surface area contributed by atoms with E-state index in [4.69, 9.17) is 0 Å². The zero-order valence-corrected chi connectivity index (χ0v) is 33.6. The molecule has 0 aliphatic heterocycles. The SMILES string of the molecule is Cc1cccc(N(c2ccc3c(c2)C(C)(C)c2cc(N(c4cccc(C)c4C)c4cccc5ccccc45)c4ccccc4c2-3)c2cccc3ccccc23)c1C. The summed E-state index contributed by atoms with van der Waals surface area (Å²) in [6, 6.07) is 63.0. The van der Waals surface area contributed by atoms with Crippen LogP contribution in [0.2, 0.25) is 0 Å². The van der Waals surface area contributed by atoms with E-state index in [2.05, 4.69) is 221 Å². The monoisotopic (exact) mass is 734 g/mol. The zero-order valence-electron chi connectivity index (χ0n) is 33.6. The maximum atomic E-state index is 2.53. The fourth-order valence-corrected chi connectivity index (χ4v) is 9.44. The Morgan fingerprint density at radius 2 is 0.842 bits per heavy atom. The molecule has 9 aromatic carbocycles. The summed E-state index contributed by atoms with van der Waals surface area (Å²) in [5.74, 6) is 0. The summed E-state index contributed by atoms with van der Waals surface area (Å²) < 4.78 is 0. The third-order valence-corrected chi connectivity index (χ3v) is 12.8. The Hall–Kier alpha value is -6.64. The molecule has 9 aromatic rings. The summed E-state index contributed by atoms with van der Waals surface area (Å²) in [7, 11) is 0. The third kappa shape index (κ3) is 5.39. The highest BCUT2D eigenvalue weighted by atomic mass is 15.2. The van der Waals surface area contributed by atoms with E-state index in [1.165, 1.54) is 105 Å². The smallest absolute Gasteiger partial charge is 0.0543 e. The van der Waals surface area contributed by atoms with Crippen LogP contribution < -0.4 is 9.80 Å². The molecule has 2 heteroatoms. The fraction of sp³-hybridized carbons (Fsp3) is 0.127. The lowest BCUT2D eigenvalue weighted by molar-refractivity contribution is 0.661. The molecular weight excluding hydrogens is 689 g/mol. The van der Waals surface area contributed by atoms with Crippen LogP contribution in [0.15, 0.2) is 170 Å². The molecule has 276 valence electrons. The standard InChI is InChI=1S/C55H46N2/c1-35-17-13-27-49(37(35)3)56(51-29-15-21-39-19-7-9-23-42(39)51)41-31-32-46-47(33-41)55(5,6)48-34-53(44-25-11-12-26-45(44)54(46)48)57(50-28-14-18-36(2)38(50)4)52-30-16-22-40-20-8-10-24-43(40)52/h7-34H,1-6H3. The Balaban J connectivity index is 1.22. The van der Waals surface area contributed by atoms with Crippen molar-refractivity contribution in [2.45, 2.75) is 47.0 Å². The molecule has 0 radical (unpaired) electrons. The molecule has 2 nitrogen and oxygen atoms in total. The van der Waals surface area contributed by atoms with Crippen LogP contribution in [0, 0.1) is 27.7 Å². The van der Waals surface area contributed by atoms with E-state index in [1.54, 1.807) is 0 Å². The van der Waals surface area contributed by atoms with Crippen molar-refractivity contribution in [3.63, 3.8) is 0 Å². The van der Waals surface area contributed by atoms with Crippen LogP contribution >= 0.6 is 0 Å². The predicted octanol–water partition coefficient (Wildman–Crippen LogP) is 15.6. The molecule has 57 heavy (non-hydrogen) atoms. The summed E-state index contributed by atoms with van der Waals surface area (Å²) in [4.78, 5) is 5.01. The number of fused-ring (bicyclic) bond motifs is 7. The lowest BCUT2D eigenvalue weighted by Gasteiger charge is -2.32. The first kappa shape index (κ1) is 34.8. The molecule has 0 saturated heterocycles. The van der Waals surface area contributed by atoms with E-state index in [-0.39, 0.29) is 5.41 Å². The molecule has 0 atom stereocenters. The van der Waals surface area contributed by atoms with Gasteiger partial charge >= 0.3 is 0 Å². The van der Waals surface area contributed by atoms with Crippen LogP contribution in [0.25, 0.3) is 43.4 Å². The van der Waals surface area contributed by atoms with E-state index in [1.807, 2.05) is 0 Å². The summed E-state index contributed by atoms with van der Waals surface area (Å²) >= 11 is 0. The highest BCUT2D eigenvalue weighted by Gasteiger charge is 2.39. The number of hydrogen-bond donors (Lipinski definition) is 0. The number of benzene rings is 9. The maximum Gasteiger partial charge on any atom is 0.0543 e. The van der Waals surface area contributed by atoms with Gasteiger partial charge in [-0.25, -0.2) is 0 Å². The number of aryl methyl sites for hydroxylation is 2. The van der Waals surface area contributed by atoms with Gasteiger partial charge in [0.05, 0.1) is 17.1 Å². The second-order valence-corrected chi connectivity index (χ2v) is 16.3. The quantitative estimate of drug-likeness (QED) is 0.168. The van der Waals surface area contributed by atoms with Gasteiger partial charge in [0.25, 0.3) is 0 Å². The highest BCUT2D eigenvalue weighted by Crippen LogP contribution is 2.56. The summed E-state index contributed by atoms with van der Waals surface area (Å²) in [5.41, 5.74) is 17.3. The van der Waals surface area contributed by atoms with Crippen molar-refractivity contribution in [3.05, 3.63) is 203 Å². The molecule has 0 fully saturated rings. The van der Waals surface area contributed by atoms with Gasteiger partial charge in [-0.15, -0.1) is 0 Å². The summed E-state index contributed by atoms with van der Waals surface area (Å²) in [6.45, 7) is 13.8. The van der Waals surface area contributed by atoms with Crippen LogP contribution in [-0.2, 0) is 5.41 Å². The second kappa shape index (κ2) is 13.2. The van der Waals surface area contributed by atoms with Crippen molar-refractivity contribution in [3.8, 4) is 11.1 Å². The minimum Gasteiger partial charge on any atom is -0.310 e. The molecule has 1 aliphatic rings. The van der Waals surface area contributed by atoms with E-state index < -0.39 is 0 Å². The van der Waals surface area contributed by atoms with E-state index in [0.717, 1.165) is 5.69 Å². The topological polar surface area (TPSA) is 6.48 Å². The van der Waals surface area contributed by atoms with Gasteiger partial charge in [0.15, 0.2) is 0 Å². The van der Waals surface area contributed by atoms with E-state index in [9.17, 15) is 0 Å². The average molecular weight is 735 g/mol. The first-order valence-electron chi connectivity index (χ1n) is 20.1. The number of anilines is 6. The first-order valence-corrected chi connectivity index (χ1v) is 20.1. The van der Waals surface area contributed by atoms with Crippen molar-refractivity contribution < 1.29 is 0 Å². The summed E-state index contributed by atoms with van der Waals surface area (Å²) in [5, 5.41) is 7.46. The Labute approximate surface area is 336 Å². The Bertz CT molecular complexity index is 3050.